The minimum atomic E-state index is 0.887. The summed E-state index contributed by atoms with van der Waals surface area (Å²) in [7, 11) is 0. The van der Waals surface area contributed by atoms with Gasteiger partial charge in [-0.2, -0.15) is 0 Å². The van der Waals surface area contributed by atoms with Gasteiger partial charge in [-0.05, 0) is 76.3 Å². The van der Waals surface area contributed by atoms with Crippen LogP contribution in [0.25, 0.3) is 88.4 Å². The zero-order valence-corrected chi connectivity index (χ0v) is 31.0. The molecule has 3 nitrogen and oxygen atoms in total. The molecular weight excluding hydrogens is 695 g/mol. The molecule has 0 radical (unpaired) electrons. The molecule has 2 aromatic heterocycles. The molecular formula is C54H35NO2. The first-order valence-electron chi connectivity index (χ1n) is 19.3. The van der Waals surface area contributed by atoms with Crippen LogP contribution in [0.5, 0.6) is 0 Å². The Kier molecular flexibility index (Phi) is 7.82. The molecule has 11 rings (SSSR count). The first-order valence-corrected chi connectivity index (χ1v) is 19.3. The molecule has 0 bridgehead atoms. The van der Waals surface area contributed by atoms with Crippen molar-refractivity contribution in [1.82, 2.24) is 0 Å². The van der Waals surface area contributed by atoms with Crippen LogP contribution in [0.4, 0.5) is 17.1 Å². The third-order valence-electron chi connectivity index (χ3n) is 11.1. The summed E-state index contributed by atoms with van der Waals surface area (Å²) in [6.07, 6.45) is 0. The highest BCUT2D eigenvalue weighted by molar-refractivity contribution is 6.11. The summed E-state index contributed by atoms with van der Waals surface area (Å²) in [6.45, 7) is 0. The predicted octanol–water partition coefficient (Wildman–Crippen LogP) is 15.6. The number of benzene rings is 9. The molecule has 0 saturated carbocycles. The fourth-order valence-corrected chi connectivity index (χ4v) is 8.35. The summed E-state index contributed by atoms with van der Waals surface area (Å²) in [5, 5.41) is 4.49. The van der Waals surface area contributed by atoms with Crippen molar-refractivity contribution in [3.8, 4) is 44.5 Å². The smallest absolute Gasteiger partial charge is 0.143 e. The highest BCUT2D eigenvalue weighted by Crippen LogP contribution is 2.43. The van der Waals surface area contributed by atoms with Gasteiger partial charge in [0.15, 0.2) is 0 Å². The lowest BCUT2D eigenvalue weighted by molar-refractivity contribution is 0.669. The number of anilines is 3. The first kappa shape index (κ1) is 32.8. The van der Waals surface area contributed by atoms with Crippen LogP contribution >= 0.6 is 0 Å². The van der Waals surface area contributed by atoms with Crippen molar-refractivity contribution < 1.29 is 8.83 Å². The maximum Gasteiger partial charge on any atom is 0.143 e. The molecule has 0 saturated heterocycles. The molecule has 57 heavy (non-hydrogen) atoms. The van der Waals surface area contributed by atoms with Gasteiger partial charge in [0.2, 0.25) is 0 Å². The lowest BCUT2D eigenvalue weighted by atomic mass is 9.99. The monoisotopic (exact) mass is 729 g/mol. The fourth-order valence-electron chi connectivity index (χ4n) is 8.35. The van der Waals surface area contributed by atoms with Crippen LogP contribution in [0.1, 0.15) is 0 Å². The first-order chi connectivity index (χ1) is 28.3. The van der Waals surface area contributed by atoms with E-state index < -0.39 is 0 Å². The summed E-state index contributed by atoms with van der Waals surface area (Å²) in [5.74, 6) is 0. The van der Waals surface area contributed by atoms with E-state index >= 15 is 0 Å². The SMILES string of the molecule is c1ccc(-c2ccccc2N(c2ccc(-c3ccc4oc5c(-c6ccccc6)cccc5c4c3)cc2)c2ccc(-c3cccc4c3oc3ccccc34)cc2)cc1. The molecule has 0 aliphatic heterocycles. The third-order valence-corrected chi connectivity index (χ3v) is 11.1. The molecule has 3 heteroatoms. The van der Waals surface area contributed by atoms with Crippen LogP contribution in [-0.4, -0.2) is 0 Å². The van der Waals surface area contributed by atoms with Gasteiger partial charge < -0.3 is 13.7 Å². The van der Waals surface area contributed by atoms with Gasteiger partial charge in [0.05, 0.1) is 5.69 Å². The van der Waals surface area contributed by atoms with E-state index in [1.165, 1.54) is 5.56 Å². The second-order valence-corrected chi connectivity index (χ2v) is 14.5. The molecule has 0 spiro atoms. The molecule has 0 amide bonds. The predicted molar refractivity (Wildman–Crippen MR) is 237 cm³/mol. The van der Waals surface area contributed by atoms with Gasteiger partial charge in [-0.15, -0.1) is 0 Å². The Labute approximate surface area is 330 Å². The number of rotatable bonds is 7. The molecule has 268 valence electrons. The van der Waals surface area contributed by atoms with Crippen molar-refractivity contribution >= 4 is 60.9 Å². The third kappa shape index (κ3) is 5.68. The lowest BCUT2D eigenvalue weighted by Crippen LogP contribution is -2.11. The largest absolute Gasteiger partial charge is 0.455 e. The van der Waals surface area contributed by atoms with Crippen LogP contribution in [0.3, 0.4) is 0 Å². The lowest BCUT2D eigenvalue weighted by Gasteiger charge is -2.28. The topological polar surface area (TPSA) is 29.5 Å². The van der Waals surface area contributed by atoms with E-state index in [0.717, 1.165) is 99.9 Å². The van der Waals surface area contributed by atoms with E-state index in [9.17, 15) is 0 Å². The Balaban J connectivity index is 0.999. The van der Waals surface area contributed by atoms with Crippen LogP contribution in [-0.2, 0) is 0 Å². The van der Waals surface area contributed by atoms with E-state index in [1.807, 2.05) is 18.2 Å². The van der Waals surface area contributed by atoms with Crippen molar-refractivity contribution in [2.45, 2.75) is 0 Å². The molecule has 0 unspecified atom stereocenters. The Hall–Kier alpha value is -7.62. The van der Waals surface area contributed by atoms with Crippen molar-refractivity contribution in [3.05, 3.63) is 212 Å². The maximum atomic E-state index is 6.48. The van der Waals surface area contributed by atoms with Crippen LogP contribution in [0.2, 0.25) is 0 Å². The van der Waals surface area contributed by atoms with Gasteiger partial charge in [0, 0.05) is 49.6 Å². The average Bonchev–Trinajstić information content (AvgIpc) is 3.86. The molecule has 9 aromatic carbocycles. The van der Waals surface area contributed by atoms with Crippen LogP contribution in [0.15, 0.2) is 221 Å². The van der Waals surface area contributed by atoms with Gasteiger partial charge in [-0.3, -0.25) is 0 Å². The summed E-state index contributed by atoms with van der Waals surface area (Å²) in [4.78, 5) is 2.36. The quantitative estimate of drug-likeness (QED) is 0.164. The molecule has 0 aliphatic rings. The van der Waals surface area contributed by atoms with E-state index in [4.69, 9.17) is 8.83 Å². The molecule has 0 fully saturated rings. The number of para-hydroxylation sites is 4. The van der Waals surface area contributed by atoms with E-state index in [1.54, 1.807) is 0 Å². The van der Waals surface area contributed by atoms with Crippen molar-refractivity contribution in [2.24, 2.45) is 0 Å². The summed E-state index contributed by atoms with van der Waals surface area (Å²) in [6, 6.07) is 75.0. The summed E-state index contributed by atoms with van der Waals surface area (Å²) >= 11 is 0. The molecule has 0 N–H and O–H groups in total. The number of hydrogen-bond donors (Lipinski definition) is 0. The van der Waals surface area contributed by atoms with Crippen molar-refractivity contribution in [2.75, 3.05) is 4.90 Å². The Morgan fingerprint density at radius 1 is 0.281 bits per heavy atom. The van der Waals surface area contributed by atoms with Gasteiger partial charge in [-0.25, -0.2) is 0 Å². The minimum Gasteiger partial charge on any atom is -0.455 e. The van der Waals surface area contributed by atoms with Gasteiger partial charge >= 0.3 is 0 Å². The van der Waals surface area contributed by atoms with Gasteiger partial charge in [0.1, 0.15) is 22.3 Å². The Morgan fingerprint density at radius 2 is 0.737 bits per heavy atom. The second-order valence-electron chi connectivity index (χ2n) is 14.5. The molecule has 11 aromatic rings. The Bertz CT molecular complexity index is 3210. The Morgan fingerprint density at radius 3 is 1.40 bits per heavy atom. The maximum absolute atomic E-state index is 6.48. The number of nitrogens with zero attached hydrogens (tertiary/aromatic N) is 1. The van der Waals surface area contributed by atoms with E-state index in [2.05, 4.69) is 199 Å². The van der Waals surface area contributed by atoms with Crippen molar-refractivity contribution in [1.29, 1.82) is 0 Å². The molecule has 2 heterocycles. The van der Waals surface area contributed by atoms with Gasteiger partial charge in [0.25, 0.3) is 0 Å². The van der Waals surface area contributed by atoms with Gasteiger partial charge in [-0.1, -0.05) is 164 Å². The number of furan rings is 2. The van der Waals surface area contributed by atoms with E-state index in [-0.39, 0.29) is 0 Å². The van der Waals surface area contributed by atoms with Crippen LogP contribution < -0.4 is 4.90 Å². The van der Waals surface area contributed by atoms with E-state index in [0.29, 0.717) is 0 Å². The highest BCUT2D eigenvalue weighted by atomic mass is 16.3. The zero-order valence-electron chi connectivity index (χ0n) is 31.0. The highest BCUT2D eigenvalue weighted by Gasteiger charge is 2.19. The minimum absolute atomic E-state index is 0.887. The average molecular weight is 730 g/mol. The summed E-state index contributed by atoms with van der Waals surface area (Å²) < 4.78 is 12.9. The fraction of sp³-hybridized carbons (Fsp3) is 0. The molecule has 0 aliphatic carbocycles. The number of fused-ring (bicyclic) bond motifs is 6. The van der Waals surface area contributed by atoms with Crippen molar-refractivity contribution in [3.63, 3.8) is 0 Å². The normalized spacial score (nSPS) is 11.5. The summed E-state index contributed by atoms with van der Waals surface area (Å²) in [5.41, 5.74) is 15.9. The zero-order chi connectivity index (χ0) is 37.7. The molecule has 0 atom stereocenters. The second kappa shape index (κ2) is 13.6. The van der Waals surface area contributed by atoms with Crippen LogP contribution in [0, 0.1) is 0 Å². The standard InChI is InChI=1S/C54H35NO2/c1-3-13-37(14-4-1)43-17-7-9-23-50(43)55(42-32-27-39(28-33-42)45-20-11-21-47-46-18-8-10-24-51(46)56-53(45)47)41-30-25-36(26-31-41)40-29-34-52-49(35-40)48-22-12-19-44(54(48)57-52)38-15-5-2-6-16-38/h1-35H. The number of hydrogen-bond acceptors (Lipinski definition) is 3.